The molecule has 0 bridgehead atoms. The van der Waals surface area contributed by atoms with Crippen LogP contribution < -0.4 is 20.0 Å². The van der Waals surface area contributed by atoms with Gasteiger partial charge < -0.3 is 32.8 Å². The van der Waals surface area contributed by atoms with Gasteiger partial charge in [-0.05, 0) is 102 Å². The van der Waals surface area contributed by atoms with Crippen molar-refractivity contribution in [1.82, 2.24) is 9.55 Å². The topological polar surface area (TPSA) is 61.2 Å². The maximum atomic E-state index is 7.11. The maximum absolute atomic E-state index is 7.11. The first-order chi connectivity index (χ1) is 35.9. The van der Waals surface area contributed by atoms with Crippen molar-refractivity contribution < 1.29 is 39.5 Å². The number of aromatic nitrogens is 2. The zero-order valence-electron chi connectivity index (χ0n) is 49.2. The van der Waals surface area contributed by atoms with Crippen LogP contribution in [0.15, 0.2) is 128 Å². The molecule has 4 heterocycles. The molecule has 406 valence electrons. The Kier molecular flexibility index (Phi) is 15.0. The third-order valence-electron chi connectivity index (χ3n) is 14.9. The first-order valence-corrected chi connectivity index (χ1v) is 27.4. The minimum Gasteiger partial charge on any atom is -0.509 e. The van der Waals surface area contributed by atoms with Gasteiger partial charge in [0, 0.05) is 72.4 Å². The van der Waals surface area contributed by atoms with Crippen molar-refractivity contribution in [1.29, 1.82) is 0 Å². The summed E-state index contributed by atoms with van der Waals surface area (Å²) in [6.45, 7) is 42.5. The quantitative estimate of drug-likeness (QED) is 0.116. The number of rotatable bonds is 7. The molecule has 2 aliphatic heterocycles. The van der Waals surface area contributed by atoms with Gasteiger partial charge in [0.25, 0.3) is 0 Å². The molecule has 1 fully saturated rings. The molecule has 0 N–H and O–H groups in total. The number of hydrogen-bond donors (Lipinski definition) is 0. The summed E-state index contributed by atoms with van der Waals surface area (Å²) in [4.78, 5) is 9.44. The fourth-order valence-corrected chi connectivity index (χ4v) is 10.2. The fourth-order valence-electron chi connectivity index (χ4n) is 10.2. The van der Waals surface area contributed by atoms with E-state index in [0.717, 1.165) is 67.0 Å². The normalized spacial score (nSPS) is 14.9. The largest absolute Gasteiger partial charge is 0.509 e. The van der Waals surface area contributed by atoms with Gasteiger partial charge in [-0.25, -0.2) is 4.98 Å². The van der Waals surface area contributed by atoms with Gasteiger partial charge in [0.1, 0.15) is 5.82 Å². The predicted molar refractivity (Wildman–Crippen MR) is 324 cm³/mol. The smallest absolute Gasteiger partial charge is 0.468 e. The molecule has 8 nitrogen and oxygen atoms in total. The summed E-state index contributed by atoms with van der Waals surface area (Å²) in [6, 6.07) is 50.8. The molecule has 2 aromatic heterocycles. The summed E-state index contributed by atoms with van der Waals surface area (Å²) in [7, 11) is -1.86. The van der Waals surface area contributed by atoms with Crippen molar-refractivity contribution in [3.8, 4) is 28.4 Å². The van der Waals surface area contributed by atoms with Crippen molar-refractivity contribution in [2.45, 2.75) is 157 Å². The van der Waals surface area contributed by atoms with E-state index in [4.69, 9.17) is 23.4 Å². The van der Waals surface area contributed by atoms with Gasteiger partial charge in [0.05, 0.1) is 0 Å². The molecule has 2 aliphatic rings. The van der Waals surface area contributed by atoms with Crippen LogP contribution in [0.1, 0.15) is 147 Å². The second-order valence-corrected chi connectivity index (χ2v) is 27.6. The van der Waals surface area contributed by atoms with E-state index in [1.54, 1.807) is 0 Å². The van der Waals surface area contributed by atoms with Gasteiger partial charge in [-0.1, -0.05) is 185 Å². The molecule has 0 spiro atoms. The third kappa shape index (κ3) is 11.3. The Morgan fingerprint density at radius 3 is 1.68 bits per heavy atom. The number of nitrogens with zero attached hydrogens (tertiary/aromatic N) is 4. The van der Waals surface area contributed by atoms with Gasteiger partial charge in [-0.3, -0.25) is 0 Å². The molecule has 6 aromatic carbocycles. The van der Waals surface area contributed by atoms with E-state index in [9.17, 15) is 0 Å². The predicted octanol–water partition coefficient (Wildman–Crippen LogP) is 17.2. The van der Waals surface area contributed by atoms with Crippen LogP contribution in [0.5, 0.6) is 11.5 Å². The molecule has 0 amide bonds. The minimum absolute atomic E-state index is 0. The second-order valence-electron chi connectivity index (χ2n) is 27.6. The summed E-state index contributed by atoms with van der Waals surface area (Å²) in [5, 5.41) is 1.51. The Bertz CT molecular complexity index is 3480. The number of hydrogen-bond acceptors (Lipinski definition) is 7. The molecule has 10 rings (SSSR count). The van der Waals surface area contributed by atoms with E-state index in [1.807, 2.05) is 24.4 Å². The molecule has 0 radical (unpaired) electrons. The van der Waals surface area contributed by atoms with E-state index in [1.165, 1.54) is 22.3 Å². The molecule has 0 unspecified atom stereocenters. The van der Waals surface area contributed by atoms with Crippen LogP contribution >= 0.6 is 0 Å². The van der Waals surface area contributed by atoms with Crippen LogP contribution in [-0.2, 0) is 56.4 Å². The zero-order valence-corrected chi connectivity index (χ0v) is 51.4. The molecule has 0 aliphatic carbocycles. The van der Waals surface area contributed by atoms with E-state index < -0.39 is 21.4 Å². The summed E-state index contributed by atoms with van der Waals surface area (Å²) in [5.74, 6) is 1.98. The van der Waals surface area contributed by atoms with Crippen molar-refractivity contribution in [3.63, 3.8) is 0 Å². The molecule has 0 atom stereocenters. The Balaban J connectivity index is 0.00000740. The minimum atomic E-state index is -0.774. The molecule has 78 heavy (non-hydrogen) atoms. The first kappa shape index (κ1) is 57.1. The monoisotopic (exact) mass is 1220 g/mol. The number of fused-ring (bicyclic) bond motifs is 4. The molecule has 12 heteroatoms. The van der Waals surface area contributed by atoms with E-state index in [2.05, 4.69) is 261 Å². The van der Waals surface area contributed by atoms with Crippen LogP contribution in [0.3, 0.4) is 0 Å². The number of anilines is 4. The van der Waals surface area contributed by atoms with Crippen molar-refractivity contribution in [2.75, 3.05) is 9.80 Å². The van der Waals surface area contributed by atoms with Crippen LogP contribution in [-0.4, -0.2) is 30.9 Å². The second kappa shape index (κ2) is 20.5. The number of benzene rings is 6. The number of para-hydroxylation sites is 3. The summed E-state index contributed by atoms with van der Waals surface area (Å²) in [5.41, 5.74) is 13.3. The molecule has 0 saturated carbocycles. The van der Waals surface area contributed by atoms with Gasteiger partial charge in [-0.2, -0.15) is 12.1 Å². The molecular formula is C66H76B3N4O4Pt-3. The van der Waals surface area contributed by atoms with Crippen molar-refractivity contribution >= 4 is 71.4 Å². The Labute approximate surface area is 481 Å². The third-order valence-corrected chi connectivity index (χ3v) is 14.9. The standard InChI is InChI=1S/C66H76B3N4O4.Pt/c1-61(2,3)44-32-33-70-59(39-44)73-55-27-20-19-26-51(55)52-31-30-50(41-58(52)73)74-49-25-23-24-48(40-49)71-42-72(57-29-22-21-28-56(57)71)60-53(43-34-45(62(4,5)6)36-46(35-43)63(7,8)9)37-47(64(10,11)12)38-54(60)67-75-68(65(13,14)15)77-69(76-67)66(16,17)18;/h19-39,42H,1-18H3;/q-3;. The Morgan fingerprint density at radius 2 is 1.08 bits per heavy atom. The SMILES string of the molecule is CC(C)(C)B1OB(c2cc(C(C)(C)C)cc(-c3cc(C(C)(C)C)cc(C(C)(C)C)c3)c2N2[CH-]N(c3[c-]c(Oc4[c-]c5c(cc4)c4ccccc4n5-c4cc(C(C)(C)C)ccn4)ccc3)c3ccccc32)OB(C(C)(C)C)O1.[Pt]. The average Bonchev–Trinajstić information content (AvgIpc) is 4.11. The van der Waals surface area contributed by atoms with Gasteiger partial charge in [-0.15, -0.1) is 48.1 Å². The van der Waals surface area contributed by atoms with E-state index in [0.29, 0.717) is 11.5 Å². The van der Waals surface area contributed by atoms with Gasteiger partial charge in [0.15, 0.2) is 0 Å². The van der Waals surface area contributed by atoms with Crippen LogP contribution in [0, 0.1) is 18.8 Å². The Hall–Kier alpha value is -5.57. The fraction of sp³-hybridized carbons (Fsp3) is 0.364. The van der Waals surface area contributed by atoms with Crippen LogP contribution in [0.25, 0.3) is 38.8 Å². The molecule has 8 aromatic rings. The molecular weight excluding hydrogens is 1140 g/mol. The average molecular weight is 1220 g/mol. The van der Waals surface area contributed by atoms with Crippen LogP contribution in [0.2, 0.25) is 10.6 Å². The van der Waals surface area contributed by atoms with Crippen LogP contribution in [0.4, 0.5) is 22.7 Å². The van der Waals surface area contributed by atoms with E-state index in [-0.39, 0.29) is 53.4 Å². The van der Waals surface area contributed by atoms with E-state index >= 15 is 0 Å². The number of ether oxygens (including phenoxy) is 1. The van der Waals surface area contributed by atoms with Crippen molar-refractivity contribution in [3.05, 3.63) is 169 Å². The Morgan fingerprint density at radius 1 is 0.513 bits per heavy atom. The maximum Gasteiger partial charge on any atom is 0.468 e. The van der Waals surface area contributed by atoms with Gasteiger partial charge in [0.2, 0.25) is 0 Å². The summed E-state index contributed by atoms with van der Waals surface area (Å²) >= 11 is 0. The molecule has 1 saturated heterocycles. The zero-order chi connectivity index (χ0) is 55.4. The summed E-state index contributed by atoms with van der Waals surface area (Å²) < 4.78 is 29.9. The van der Waals surface area contributed by atoms with Crippen molar-refractivity contribution in [2.24, 2.45) is 0 Å². The summed E-state index contributed by atoms with van der Waals surface area (Å²) in [6.07, 6.45) is 1.90. The number of pyridine rings is 1. The van der Waals surface area contributed by atoms with Gasteiger partial charge >= 0.3 is 21.4 Å². The first-order valence-electron chi connectivity index (χ1n) is 27.4.